The van der Waals surface area contributed by atoms with Gasteiger partial charge in [-0.3, -0.25) is 9.59 Å². The molecule has 0 aliphatic carbocycles. The normalized spacial score (nSPS) is 27.9. The van der Waals surface area contributed by atoms with Gasteiger partial charge in [0.15, 0.2) is 0 Å². The summed E-state index contributed by atoms with van der Waals surface area (Å²) < 4.78 is 0. The molecule has 1 aliphatic rings. The number of hydrogen-bond acceptors (Lipinski definition) is 2. The Morgan fingerprint density at radius 3 is 2.67 bits per heavy atom. The summed E-state index contributed by atoms with van der Waals surface area (Å²) in [6.45, 7) is 2.15. The van der Waals surface area contributed by atoms with E-state index >= 15 is 0 Å². The molecule has 1 aliphatic heterocycles. The van der Waals surface area contributed by atoms with E-state index in [4.69, 9.17) is 0 Å². The number of rotatable bonds is 0. The van der Waals surface area contributed by atoms with Crippen LogP contribution in [0.4, 0.5) is 0 Å². The van der Waals surface area contributed by atoms with Gasteiger partial charge in [-0.1, -0.05) is 0 Å². The van der Waals surface area contributed by atoms with Gasteiger partial charge in [0, 0.05) is 13.0 Å². The third kappa shape index (κ3) is 1.09. The van der Waals surface area contributed by atoms with Crippen LogP contribution in [0.25, 0.3) is 0 Å². The quantitative estimate of drug-likeness (QED) is 0.454. The maximum Gasteiger partial charge on any atom is 0.230 e. The standard InChI is InChI=1S/C6H9NO2/c1-4-5(8)2-3-7-6(4)9/h4H,2-3H2,1H3,(H,7,9). The van der Waals surface area contributed by atoms with Crippen molar-refractivity contribution < 1.29 is 9.59 Å². The molecule has 1 fully saturated rings. The van der Waals surface area contributed by atoms with Crippen LogP contribution in [0.3, 0.4) is 0 Å². The number of piperidine rings is 1. The maximum absolute atomic E-state index is 10.7. The van der Waals surface area contributed by atoms with E-state index in [1.165, 1.54) is 0 Å². The second-order valence-corrected chi connectivity index (χ2v) is 2.23. The Balaban J connectivity index is 2.62. The van der Waals surface area contributed by atoms with Crippen molar-refractivity contribution in [3.63, 3.8) is 0 Å². The minimum atomic E-state index is -0.418. The molecule has 1 saturated heterocycles. The van der Waals surface area contributed by atoms with Crippen molar-refractivity contribution in [2.75, 3.05) is 6.54 Å². The van der Waals surface area contributed by atoms with Gasteiger partial charge in [0.1, 0.15) is 5.78 Å². The largest absolute Gasteiger partial charge is 0.355 e. The predicted octanol–water partition coefficient (Wildman–Crippen LogP) is -0.289. The molecule has 1 amide bonds. The summed E-state index contributed by atoms with van der Waals surface area (Å²) in [5.74, 6) is -0.497. The van der Waals surface area contributed by atoms with E-state index in [1.54, 1.807) is 6.92 Å². The minimum absolute atomic E-state index is 0.0544. The summed E-state index contributed by atoms with van der Waals surface area (Å²) >= 11 is 0. The lowest BCUT2D eigenvalue weighted by molar-refractivity contribution is -0.135. The number of carbonyl (C=O) groups is 2. The molecular formula is C6H9NO2. The Morgan fingerprint density at radius 2 is 2.22 bits per heavy atom. The van der Waals surface area contributed by atoms with Crippen molar-refractivity contribution in [3.05, 3.63) is 0 Å². The Kier molecular flexibility index (Phi) is 1.51. The number of carbonyl (C=O) groups excluding carboxylic acids is 2. The van der Waals surface area contributed by atoms with E-state index in [0.717, 1.165) is 0 Å². The second-order valence-electron chi connectivity index (χ2n) is 2.23. The van der Waals surface area contributed by atoms with E-state index in [-0.39, 0.29) is 11.7 Å². The van der Waals surface area contributed by atoms with E-state index in [2.05, 4.69) is 5.32 Å². The van der Waals surface area contributed by atoms with Crippen molar-refractivity contribution >= 4 is 11.7 Å². The predicted molar refractivity (Wildman–Crippen MR) is 31.8 cm³/mol. The molecule has 0 aromatic heterocycles. The van der Waals surface area contributed by atoms with E-state index < -0.39 is 5.92 Å². The zero-order valence-electron chi connectivity index (χ0n) is 5.31. The van der Waals surface area contributed by atoms with Crippen LogP contribution in [-0.4, -0.2) is 18.2 Å². The molecule has 0 aromatic carbocycles. The fourth-order valence-corrected chi connectivity index (χ4v) is 0.825. The van der Waals surface area contributed by atoms with E-state index in [9.17, 15) is 9.59 Å². The molecule has 0 spiro atoms. The van der Waals surface area contributed by atoms with Crippen LogP contribution >= 0.6 is 0 Å². The highest BCUT2D eigenvalue weighted by Crippen LogP contribution is 2.04. The molecule has 1 atom stereocenters. The Labute approximate surface area is 53.4 Å². The van der Waals surface area contributed by atoms with Crippen LogP contribution in [0.1, 0.15) is 13.3 Å². The fraction of sp³-hybridized carbons (Fsp3) is 0.667. The van der Waals surface area contributed by atoms with Crippen LogP contribution in [0, 0.1) is 5.92 Å². The fourth-order valence-electron chi connectivity index (χ4n) is 0.825. The molecular weight excluding hydrogens is 118 g/mol. The van der Waals surface area contributed by atoms with Crippen LogP contribution in [0.2, 0.25) is 0 Å². The average Bonchev–Trinajstić information content (AvgIpc) is 1.83. The number of amides is 1. The van der Waals surface area contributed by atoms with Crippen LogP contribution < -0.4 is 5.32 Å². The highest BCUT2D eigenvalue weighted by Gasteiger charge is 2.24. The lowest BCUT2D eigenvalue weighted by Crippen LogP contribution is -2.40. The molecule has 1 rings (SSSR count). The first-order valence-electron chi connectivity index (χ1n) is 3.02. The molecule has 1 unspecified atom stereocenters. The van der Waals surface area contributed by atoms with Crippen molar-refractivity contribution in [1.29, 1.82) is 0 Å². The second kappa shape index (κ2) is 2.17. The van der Waals surface area contributed by atoms with Gasteiger partial charge in [0.25, 0.3) is 0 Å². The Bertz CT molecular complexity index is 137. The van der Waals surface area contributed by atoms with Gasteiger partial charge >= 0.3 is 0 Å². The summed E-state index contributed by atoms with van der Waals surface area (Å²) in [7, 11) is 0. The zero-order chi connectivity index (χ0) is 6.85. The minimum Gasteiger partial charge on any atom is -0.355 e. The molecule has 0 saturated carbocycles. The van der Waals surface area contributed by atoms with Crippen LogP contribution in [-0.2, 0) is 9.59 Å². The first-order valence-corrected chi connectivity index (χ1v) is 3.02. The molecule has 0 aromatic rings. The molecule has 9 heavy (non-hydrogen) atoms. The summed E-state index contributed by atoms with van der Waals surface area (Å²) in [4.78, 5) is 21.4. The number of hydrogen-bond donors (Lipinski definition) is 1. The first kappa shape index (κ1) is 6.26. The van der Waals surface area contributed by atoms with Crippen molar-refractivity contribution in [2.45, 2.75) is 13.3 Å². The van der Waals surface area contributed by atoms with Gasteiger partial charge < -0.3 is 5.32 Å². The van der Waals surface area contributed by atoms with Crippen molar-refractivity contribution in [2.24, 2.45) is 5.92 Å². The molecule has 3 nitrogen and oxygen atoms in total. The maximum atomic E-state index is 10.7. The van der Waals surface area contributed by atoms with E-state index in [0.29, 0.717) is 13.0 Å². The zero-order valence-corrected chi connectivity index (χ0v) is 5.31. The third-order valence-corrected chi connectivity index (χ3v) is 1.55. The molecule has 1 heterocycles. The van der Waals surface area contributed by atoms with E-state index in [1.807, 2.05) is 0 Å². The molecule has 3 heteroatoms. The van der Waals surface area contributed by atoms with Gasteiger partial charge in [-0.05, 0) is 6.92 Å². The molecule has 0 radical (unpaired) electrons. The molecule has 0 bridgehead atoms. The average molecular weight is 127 g/mol. The van der Waals surface area contributed by atoms with Gasteiger partial charge in [-0.25, -0.2) is 0 Å². The Hall–Kier alpha value is -0.860. The number of nitrogens with one attached hydrogen (secondary N) is 1. The van der Waals surface area contributed by atoms with Gasteiger partial charge in [0.05, 0.1) is 5.92 Å². The summed E-state index contributed by atoms with van der Waals surface area (Å²) in [5.41, 5.74) is 0. The number of Topliss-reactive ketones (excluding diaryl/α,β-unsaturated/α-hetero) is 1. The smallest absolute Gasteiger partial charge is 0.230 e. The third-order valence-electron chi connectivity index (χ3n) is 1.55. The monoisotopic (exact) mass is 127 g/mol. The topological polar surface area (TPSA) is 46.2 Å². The molecule has 1 N–H and O–H groups in total. The lowest BCUT2D eigenvalue weighted by atomic mass is 10.00. The Morgan fingerprint density at radius 1 is 1.56 bits per heavy atom. The van der Waals surface area contributed by atoms with Gasteiger partial charge in [0.2, 0.25) is 5.91 Å². The summed E-state index contributed by atoms with van der Waals surface area (Å²) in [6, 6.07) is 0. The van der Waals surface area contributed by atoms with Crippen molar-refractivity contribution in [3.8, 4) is 0 Å². The summed E-state index contributed by atoms with van der Waals surface area (Å²) in [6.07, 6.45) is 0.493. The summed E-state index contributed by atoms with van der Waals surface area (Å²) in [5, 5.41) is 2.60. The van der Waals surface area contributed by atoms with Crippen molar-refractivity contribution in [1.82, 2.24) is 5.32 Å². The highest BCUT2D eigenvalue weighted by molar-refractivity contribution is 6.02. The van der Waals surface area contributed by atoms with Gasteiger partial charge in [-0.15, -0.1) is 0 Å². The lowest BCUT2D eigenvalue weighted by Gasteiger charge is -2.15. The first-order chi connectivity index (χ1) is 4.22. The van der Waals surface area contributed by atoms with Crippen LogP contribution in [0.5, 0.6) is 0 Å². The van der Waals surface area contributed by atoms with Gasteiger partial charge in [-0.2, -0.15) is 0 Å². The highest BCUT2D eigenvalue weighted by atomic mass is 16.2. The van der Waals surface area contributed by atoms with Crippen LogP contribution in [0.15, 0.2) is 0 Å². The SMILES string of the molecule is CC1C(=O)CCNC1=O. The molecule has 50 valence electrons. The number of ketones is 1.